The van der Waals surface area contributed by atoms with Crippen molar-refractivity contribution in [3.63, 3.8) is 0 Å². The van der Waals surface area contributed by atoms with E-state index in [2.05, 4.69) is 113 Å². The summed E-state index contributed by atoms with van der Waals surface area (Å²) in [6, 6.07) is 13.2. The molecule has 2 atom stereocenters. The van der Waals surface area contributed by atoms with E-state index in [1.807, 2.05) is 6.21 Å². The molecule has 0 heterocycles. The number of aliphatic imine (C=N–C) groups is 1. The summed E-state index contributed by atoms with van der Waals surface area (Å²) in [6.45, 7) is 24.4. The molecule has 3 heteroatoms. The minimum atomic E-state index is -0.161. The molecule has 0 aliphatic rings. The van der Waals surface area contributed by atoms with Gasteiger partial charge in [-0.1, -0.05) is 120 Å². The minimum absolute atomic E-state index is 0.00711. The Morgan fingerprint density at radius 1 is 0.829 bits per heavy atom. The third-order valence-electron chi connectivity index (χ3n) is 6.62. The van der Waals surface area contributed by atoms with Gasteiger partial charge in [0.2, 0.25) is 0 Å². The molecule has 35 heavy (non-hydrogen) atoms. The van der Waals surface area contributed by atoms with Gasteiger partial charge in [0.1, 0.15) is 5.75 Å². The van der Waals surface area contributed by atoms with Crippen LogP contribution in [-0.4, -0.2) is 16.9 Å². The molecular weight excluding hydrogens is 445 g/mol. The van der Waals surface area contributed by atoms with Crippen LogP contribution in [0.2, 0.25) is 0 Å². The summed E-state index contributed by atoms with van der Waals surface area (Å²) in [7, 11) is 0.534. The molecule has 0 saturated carbocycles. The van der Waals surface area contributed by atoms with Gasteiger partial charge in [0, 0.05) is 16.9 Å². The van der Waals surface area contributed by atoms with E-state index in [1.165, 1.54) is 29.3 Å². The van der Waals surface area contributed by atoms with Crippen LogP contribution in [0.5, 0.6) is 5.75 Å². The van der Waals surface area contributed by atoms with Crippen LogP contribution in [0.1, 0.15) is 124 Å². The number of nitrogens with zero attached hydrogens (tertiary/aromatic N) is 1. The molecule has 2 aromatic rings. The molecule has 0 aliphatic heterocycles. The van der Waals surface area contributed by atoms with E-state index >= 15 is 0 Å². The molecule has 2 aromatic carbocycles. The highest BCUT2D eigenvalue weighted by Gasteiger charge is 2.34. The number of phenols is 1. The van der Waals surface area contributed by atoms with Crippen molar-refractivity contribution < 1.29 is 5.11 Å². The number of benzene rings is 2. The van der Waals surface area contributed by atoms with Crippen molar-refractivity contribution in [2.24, 2.45) is 4.99 Å². The second-order valence-electron chi connectivity index (χ2n) is 13.4. The minimum Gasteiger partial charge on any atom is -0.507 e. The highest BCUT2D eigenvalue weighted by Crippen LogP contribution is 2.51. The Hall–Kier alpha value is -1.66. The molecule has 194 valence electrons. The molecular formula is C32H50NOP. The zero-order valence-electron chi connectivity index (χ0n) is 24.3. The molecule has 0 fully saturated rings. The fourth-order valence-electron chi connectivity index (χ4n) is 4.34. The molecule has 2 unspecified atom stereocenters. The van der Waals surface area contributed by atoms with Gasteiger partial charge in [0.05, 0.1) is 5.54 Å². The Bertz CT molecular complexity index is 1020. The van der Waals surface area contributed by atoms with Crippen molar-refractivity contribution in [2.75, 3.05) is 0 Å². The molecule has 0 aromatic heterocycles. The standard InChI is InChI=1S/C32H50NOP/c1-12-13-16-19-32(11,35-27-18-15-14-17-23(27)22-33-31(8,9)10)26-21-24(29(2,3)4)20-25(28(26)34)30(5,6)7/h14-15,17-18,20-22,34-35H,12-13,16,19H2,1-11H3/b33-22+. The van der Waals surface area contributed by atoms with Crippen LogP contribution < -0.4 is 5.30 Å². The van der Waals surface area contributed by atoms with E-state index in [9.17, 15) is 5.11 Å². The van der Waals surface area contributed by atoms with Crippen LogP contribution in [0.25, 0.3) is 0 Å². The van der Waals surface area contributed by atoms with Gasteiger partial charge in [-0.3, -0.25) is 4.99 Å². The Labute approximate surface area is 217 Å². The van der Waals surface area contributed by atoms with Gasteiger partial charge in [-0.25, -0.2) is 0 Å². The van der Waals surface area contributed by atoms with Crippen LogP contribution in [0.15, 0.2) is 41.4 Å². The third kappa shape index (κ3) is 8.18. The van der Waals surface area contributed by atoms with Crippen molar-refractivity contribution in [1.29, 1.82) is 0 Å². The van der Waals surface area contributed by atoms with Crippen molar-refractivity contribution in [3.05, 3.63) is 58.7 Å². The first-order chi connectivity index (χ1) is 16.0. The molecule has 0 aliphatic carbocycles. The molecule has 0 spiro atoms. The zero-order chi connectivity index (χ0) is 26.7. The topological polar surface area (TPSA) is 32.6 Å². The quantitative estimate of drug-likeness (QED) is 0.221. The number of rotatable bonds is 8. The van der Waals surface area contributed by atoms with Crippen LogP contribution in [0.4, 0.5) is 0 Å². The number of hydrogen-bond acceptors (Lipinski definition) is 2. The molecule has 0 bridgehead atoms. The monoisotopic (exact) mass is 495 g/mol. The fourth-order valence-corrected chi connectivity index (χ4v) is 6.03. The van der Waals surface area contributed by atoms with Crippen LogP contribution in [0.3, 0.4) is 0 Å². The molecule has 1 N–H and O–H groups in total. The number of phenolic OH excluding ortho intramolecular Hbond substituents is 1. The summed E-state index contributed by atoms with van der Waals surface area (Å²) in [6.07, 6.45) is 6.65. The summed E-state index contributed by atoms with van der Waals surface area (Å²) in [5.74, 6) is 0.484. The van der Waals surface area contributed by atoms with Gasteiger partial charge in [0.25, 0.3) is 0 Å². The van der Waals surface area contributed by atoms with Gasteiger partial charge in [0.15, 0.2) is 0 Å². The summed E-state index contributed by atoms with van der Waals surface area (Å²) >= 11 is 0. The van der Waals surface area contributed by atoms with Crippen molar-refractivity contribution in [3.8, 4) is 5.75 Å². The molecule has 2 nitrogen and oxygen atoms in total. The maximum atomic E-state index is 11.7. The van der Waals surface area contributed by atoms with Gasteiger partial charge in [-0.05, 0) is 60.0 Å². The highest BCUT2D eigenvalue weighted by atomic mass is 31.1. The van der Waals surface area contributed by atoms with Crippen LogP contribution in [0, 0.1) is 0 Å². The first-order valence-corrected chi connectivity index (χ1v) is 14.3. The lowest BCUT2D eigenvalue weighted by atomic mass is 9.77. The lowest BCUT2D eigenvalue weighted by Gasteiger charge is -2.36. The predicted molar refractivity (Wildman–Crippen MR) is 159 cm³/mol. The van der Waals surface area contributed by atoms with Crippen LogP contribution >= 0.6 is 8.58 Å². The Balaban J connectivity index is 2.73. The second kappa shape index (κ2) is 11.2. The molecule has 0 radical (unpaired) electrons. The van der Waals surface area contributed by atoms with Crippen molar-refractivity contribution in [2.45, 2.75) is 123 Å². The van der Waals surface area contributed by atoms with E-state index in [0.29, 0.717) is 14.3 Å². The summed E-state index contributed by atoms with van der Waals surface area (Å²) < 4.78 is 0. The average molecular weight is 496 g/mol. The van der Waals surface area contributed by atoms with Gasteiger partial charge in [-0.2, -0.15) is 0 Å². The number of unbranched alkanes of at least 4 members (excludes halogenated alkanes) is 2. The number of hydrogen-bond donors (Lipinski definition) is 1. The van der Waals surface area contributed by atoms with E-state index in [0.717, 1.165) is 24.0 Å². The fraction of sp³-hybridized carbons (Fsp3) is 0.594. The molecule has 2 rings (SSSR count). The molecule has 0 saturated heterocycles. The highest BCUT2D eigenvalue weighted by molar-refractivity contribution is 7.48. The van der Waals surface area contributed by atoms with Crippen LogP contribution in [-0.2, 0) is 16.0 Å². The smallest absolute Gasteiger partial charge is 0.123 e. The number of aromatic hydroxyl groups is 1. The Kier molecular flexibility index (Phi) is 9.43. The first kappa shape index (κ1) is 29.6. The maximum Gasteiger partial charge on any atom is 0.123 e. The largest absolute Gasteiger partial charge is 0.507 e. The summed E-state index contributed by atoms with van der Waals surface area (Å²) in [5.41, 5.74) is 4.40. The Morgan fingerprint density at radius 2 is 1.43 bits per heavy atom. The van der Waals surface area contributed by atoms with Crippen molar-refractivity contribution in [1.82, 2.24) is 0 Å². The maximum absolute atomic E-state index is 11.7. The van der Waals surface area contributed by atoms with E-state index < -0.39 is 0 Å². The third-order valence-corrected chi connectivity index (χ3v) is 8.42. The van der Waals surface area contributed by atoms with E-state index in [-0.39, 0.29) is 21.5 Å². The summed E-state index contributed by atoms with van der Waals surface area (Å²) in [5, 5.41) is 12.9. The zero-order valence-corrected chi connectivity index (χ0v) is 25.3. The lowest BCUT2D eigenvalue weighted by Crippen LogP contribution is -2.25. The molecule has 0 amide bonds. The van der Waals surface area contributed by atoms with Gasteiger partial charge < -0.3 is 5.11 Å². The van der Waals surface area contributed by atoms with Crippen molar-refractivity contribution >= 4 is 20.1 Å². The predicted octanol–water partition coefficient (Wildman–Crippen LogP) is 9.00. The first-order valence-electron chi connectivity index (χ1n) is 13.3. The van der Waals surface area contributed by atoms with Gasteiger partial charge in [-0.15, -0.1) is 0 Å². The average Bonchev–Trinajstić information content (AvgIpc) is 2.71. The Morgan fingerprint density at radius 3 is 1.97 bits per heavy atom. The lowest BCUT2D eigenvalue weighted by molar-refractivity contribution is 0.424. The van der Waals surface area contributed by atoms with E-state index in [4.69, 9.17) is 4.99 Å². The van der Waals surface area contributed by atoms with E-state index in [1.54, 1.807) is 0 Å². The normalized spacial score (nSPS) is 15.3. The van der Waals surface area contributed by atoms with Gasteiger partial charge >= 0.3 is 0 Å². The summed E-state index contributed by atoms with van der Waals surface area (Å²) in [4.78, 5) is 4.81. The SMILES string of the molecule is CCCCCC(C)(Pc1ccccc1/C=N/C(C)(C)C)c1cc(C(C)(C)C)cc(C(C)(C)C)c1O. The second-order valence-corrected chi connectivity index (χ2v) is 15.2.